The van der Waals surface area contributed by atoms with E-state index in [4.69, 9.17) is 9.26 Å². The molecule has 6 nitrogen and oxygen atoms in total. The molecule has 0 aliphatic heterocycles. The number of aryl methyl sites for hydroxylation is 1. The summed E-state index contributed by atoms with van der Waals surface area (Å²) in [6, 6.07) is 15.0. The molecule has 28 heavy (non-hydrogen) atoms. The Bertz CT molecular complexity index is 965. The third kappa shape index (κ3) is 4.65. The smallest absolute Gasteiger partial charge is 0.254 e. The van der Waals surface area contributed by atoms with Gasteiger partial charge in [0.2, 0.25) is 11.7 Å². The van der Waals surface area contributed by atoms with E-state index in [1.807, 2.05) is 44.2 Å². The Labute approximate surface area is 164 Å². The molecule has 2 aromatic carbocycles. The minimum atomic E-state index is -0.123. The Morgan fingerprint density at radius 3 is 2.82 bits per heavy atom. The zero-order valence-electron chi connectivity index (χ0n) is 16.1. The highest BCUT2D eigenvalue weighted by Crippen LogP contribution is 2.19. The van der Waals surface area contributed by atoms with Crippen LogP contribution in [-0.2, 0) is 6.54 Å². The lowest BCUT2D eigenvalue weighted by atomic mass is 10.1. The van der Waals surface area contributed by atoms with Crippen molar-refractivity contribution in [2.24, 2.45) is 0 Å². The summed E-state index contributed by atoms with van der Waals surface area (Å²) in [5.74, 6) is 1.41. The first-order chi connectivity index (χ1) is 13.6. The third-order valence-electron chi connectivity index (χ3n) is 4.19. The molecule has 0 bridgehead atoms. The van der Waals surface area contributed by atoms with Gasteiger partial charge in [0, 0.05) is 17.7 Å². The lowest BCUT2D eigenvalue weighted by Gasteiger charge is -2.19. The molecule has 1 aromatic heterocycles. The first kappa shape index (κ1) is 19.4. The number of nitrogens with zero attached hydrogens (tertiary/aromatic N) is 3. The molecule has 0 aliphatic carbocycles. The van der Waals surface area contributed by atoms with Crippen molar-refractivity contribution >= 4 is 5.91 Å². The fourth-order valence-corrected chi connectivity index (χ4v) is 2.77. The number of rotatable bonds is 8. The highest BCUT2D eigenvalue weighted by Gasteiger charge is 2.19. The van der Waals surface area contributed by atoms with Crippen molar-refractivity contribution in [2.75, 3.05) is 13.2 Å². The van der Waals surface area contributed by atoms with E-state index in [0.717, 1.165) is 11.1 Å². The predicted molar refractivity (Wildman–Crippen MR) is 107 cm³/mol. The molecule has 1 amide bonds. The molecule has 0 atom stereocenters. The van der Waals surface area contributed by atoms with Crippen molar-refractivity contribution in [3.05, 3.63) is 78.2 Å². The second-order valence-electron chi connectivity index (χ2n) is 6.33. The second kappa shape index (κ2) is 8.99. The molecule has 0 unspecified atom stereocenters. The van der Waals surface area contributed by atoms with Gasteiger partial charge in [-0.3, -0.25) is 4.79 Å². The van der Waals surface area contributed by atoms with Crippen molar-refractivity contribution in [1.29, 1.82) is 0 Å². The Balaban J connectivity index is 1.74. The van der Waals surface area contributed by atoms with E-state index in [1.165, 1.54) is 0 Å². The maximum atomic E-state index is 12.9. The van der Waals surface area contributed by atoms with E-state index in [1.54, 1.807) is 29.2 Å². The summed E-state index contributed by atoms with van der Waals surface area (Å²) in [5.41, 5.74) is 2.55. The first-order valence-corrected chi connectivity index (χ1v) is 9.13. The van der Waals surface area contributed by atoms with Crippen LogP contribution in [0.15, 0.2) is 65.7 Å². The number of carbonyl (C=O) groups excluding carboxylic acids is 1. The minimum Gasteiger partial charge on any atom is -0.490 e. The Morgan fingerprint density at radius 2 is 2.07 bits per heavy atom. The number of hydrogen-bond acceptors (Lipinski definition) is 5. The van der Waals surface area contributed by atoms with E-state index in [0.29, 0.717) is 36.2 Å². The molecule has 0 saturated carbocycles. The summed E-state index contributed by atoms with van der Waals surface area (Å²) in [5, 5.41) is 4.04. The zero-order valence-corrected chi connectivity index (χ0v) is 16.1. The van der Waals surface area contributed by atoms with Gasteiger partial charge in [0.15, 0.2) is 0 Å². The number of hydrogen-bond donors (Lipinski definition) is 0. The average Bonchev–Trinajstić information content (AvgIpc) is 3.19. The van der Waals surface area contributed by atoms with Crippen LogP contribution in [0.25, 0.3) is 11.4 Å². The largest absolute Gasteiger partial charge is 0.490 e. The van der Waals surface area contributed by atoms with Crippen LogP contribution in [0.4, 0.5) is 0 Å². The minimum absolute atomic E-state index is 0.123. The van der Waals surface area contributed by atoms with Gasteiger partial charge in [-0.05, 0) is 38.1 Å². The summed E-state index contributed by atoms with van der Waals surface area (Å²) in [6.45, 7) is 8.69. The molecule has 3 rings (SSSR count). The van der Waals surface area contributed by atoms with Crippen LogP contribution < -0.4 is 4.74 Å². The summed E-state index contributed by atoms with van der Waals surface area (Å²) in [6.07, 6.45) is 1.66. The van der Waals surface area contributed by atoms with Crippen LogP contribution in [-0.4, -0.2) is 34.1 Å². The Hall–Kier alpha value is -3.41. The van der Waals surface area contributed by atoms with Gasteiger partial charge in [-0.25, -0.2) is 0 Å². The van der Waals surface area contributed by atoms with Crippen LogP contribution in [0.2, 0.25) is 0 Å². The zero-order chi connectivity index (χ0) is 19.9. The van der Waals surface area contributed by atoms with Crippen molar-refractivity contribution in [1.82, 2.24) is 15.0 Å². The number of aromatic nitrogens is 2. The fraction of sp³-hybridized carbons (Fsp3) is 0.227. The maximum Gasteiger partial charge on any atom is 0.254 e. The second-order valence-corrected chi connectivity index (χ2v) is 6.33. The van der Waals surface area contributed by atoms with Crippen LogP contribution in [0.5, 0.6) is 5.75 Å². The number of amides is 1. The van der Waals surface area contributed by atoms with Crippen molar-refractivity contribution in [2.45, 2.75) is 20.4 Å². The fourth-order valence-electron chi connectivity index (χ4n) is 2.77. The average molecular weight is 377 g/mol. The molecular weight excluding hydrogens is 354 g/mol. The van der Waals surface area contributed by atoms with Crippen molar-refractivity contribution in [3.63, 3.8) is 0 Å². The van der Waals surface area contributed by atoms with E-state index >= 15 is 0 Å². The number of benzene rings is 2. The molecule has 0 spiro atoms. The standard InChI is InChI=1S/C22H23N3O3/c1-4-12-27-19-11-7-10-18(14-19)22(26)25(5-2)15-20-23-21(24-28-20)17-9-6-8-16(3)13-17/h4,6-11,13-14H,1,5,12,15H2,2-3H3. The summed E-state index contributed by atoms with van der Waals surface area (Å²) in [7, 11) is 0. The number of carbonyl (C=O) groups is 1. The maximum absolute atomic E-state index is 12.9. The van der Waals surface area contributed by atoms with E-state index in [-0.39, 0.29) is 12.5 Å². The lowest BCUT2D eigenvalue weighted by Crippen LogP contribution is -2.30. The van der Waals surface area contributed by atoms with Crippen LogP contribution in [0, 0.1) is 6.92 Å². The Morgan fingerprint density at radius 1 is 1.25 bits per heavy atom. The quantitative estimate of drug-likeness (QED) is 0.548. The van der Waals surface area contributed by atoms with Gasteiger partial charge in [0.05, 0.1) is 0 Å². The molecule has 6 heteroatoms. The molecule has 0 saturated heterocycles. The van der Waals surface area contributed by atoms with E-state index < -0.39 is 0 Å². The van der Waals surface area contributed by atoms with E-state index in [2.05, 4.69) is 16.7 Å². The molecule has 0 N–H and O–H groups in total. The van der Waals surface area contributed by atoms with Gasteiger partial charge >= 0.3 is 0 Å². The molecule has 1 heterocycles. The summed E-state index contributed by atoms with van der Waals surface area (Å²) in [4.78, 5) is 19.0. The van der Waals surface area contributed by atoms with Gasteiger partial charge in [0.25, 0.3) is 5.91 Å². The monoisotopic (exact) mass is 377 g/mol. The van der Waals surface area contributed by atoms with Gasteiger partial charge < -0.3 is 14.2 Å². The molecule has 0 radical (unpaired) electrons. The lowest BCUT2D eigenvalue weighted by molar-refractivity contribution is 0.0734. The van der Waals surface area contributed by atoms with Crippen molar-refractivity contribution < 1.29 is 14.1 Å². The number of ether oxygens (including phenoxy) is 1. The van der Waals surface area contributed by atoms with Crippen LogP contribution >= 0.6 is 0 Å². The first-order valence-electron chi connectivity index (χ1n) is 9.13. The van der Waals surface area contributed by atoms with Crippen molar-refractivity contribution in [3.8, 4) is 17.1 Å². The van der Waals surface area contributed by atoms with Crippen LogP contribution in [0.3, 0.4) is 0 Å². The molecule has 3 aromatic rings. The third-order valence-corrected chi connectivity index (χ3v) is 4.19. The normalized spacial score (nSPS) is 10.5. The topological polar surface area (TPSA) is 68.5 Å². The molecule has 0 aliphatic rings. The highest BCUT2D eigenvalue weighted by atomic mass is 16.5. The van der Waals surface area contributed by atoms with Crippen LogP contribution in [0.1, 0.15) is 28.7 Å². The molecule has 144 valence electrons. The summed E-state index contributed by atoms with van der Waals surface area (Å²) < 4.78 is 10.9. The highest BCUT2D eigenvalue weighted by molar-refractivity contribution is 5.94. The SMILES string of the molecule is C=CCOc1cccc(C(=O)N(CC)Cc2nc(-c3cccc(C)c3)no2)c1. The molecular formula is C22H23N3O3. The summed E-state index contributed by atoms with van der Waals surface area (Å²) >= 11 is 0. The predicted octanol–water partition coefficient (Wildman–Crippen LogP) is 4.27. The Kier molecular flexibility index (Phi) is 6.22. The van der Waals surface area contributed by atoms with E-state index in [9.17, 15) is 4.79 Å². The van der Waals surface area contributed by atoms with Gasteiger partial charge in [0.1, 0.15) is 18.9 Å². The van der Waals surface area contributed by atoms with Gasteiger partial charge in [-0.15, -0.1) is 0 Å². The van der Waals surface area contributed by atoms with Gasteiger partial charge in [-0.2, -0.15) is 4.98 Å². The van der Waals surface area contributed by atoms with Gasteiger partial charge in [-0.1, -0.05) is 47.6 Å². The molecule has 0 fully saturated rings.